The molecule has 0 saturated carbocycles. The number of aliphatic hydroxyl groups is 1. The Morgan fingerprint density at radius 2 is 2.19 bits per heavy atom. The van der Waals surface area contributed by atoms with Crippen molar-refractivity contribution in [2.24, 2.45) is 0 Å². The predicted molar refractivity (Wildman–Crippen MR) is 61.9 cm³/mol. The molecule has 2 aromatic heterocycles. The highest BCUT2D eigenvalue weighted by Crippen LogP contribution is 2.16. The van der Waals surface area contributed by atoms with Gasteiger partial charge in [-0.3, -0.25) is 9.67 Å². The van der Waals surface area contributed by atoms with Crippen LogP contribution in [0.15, 0.2) is 30.5 Å². The van der Waals surface area contributed by atoms with Gasteiger partial charge in [0.2, 0.25) is 0 Å². The zero-order chi connectivity index (χ0) is 11.4. The molecule has 16 heavy (non-hydrogen) atoms. The zero-order valence-electron chi connectivity index (χ0n) is 9.30. The summed E-state index contributed by atoms with van der Waals surface area (Å²) >= 11 is 0. The van der Waals surface area contributed by atoms with E-state index in [1.54, 1.807) is 6.20 Å². The molecule has 0 bridgehead atoms. The van der Waals surface area contributed by atoms with Crippen LogP contribution < -0.4 is 0 Å². The molecule has 0 saturated heterocycles. The molecule has 4 heteroatoms. The number of aliphatic hydroxyl groups excluding tert-OH is 1. The lowest BCUT2D eigenvalue weighted by molar-refractivity contribution is 0.267. The number of hydrogen-bond donors (Lipinski definition) is 1. The third-order valence-corrected chi connectivity index (χ3v) is 2.46. The number of rotatable bonds is 4. The van der Waals surface area contributed by atoms with E-state index in [4.69, 9.17) is 5.11 Å². The number of aryl methyl sites for hydroxylation is 1. The maximum absolute atomic E-state index is 8.94. The lowest BCUT2D eigenvalue weighted by Gasteiger charge is -2.01. The van der Waals surface area contributed by atoms with Crippen molar-refractivity contribution in [1.29, 1.82) is 0 Å². The minimum atomic E-state index is 0.107. The van der Waals surface area contributed by atoms with Crippen LogP contribution in [-0.4, -0.2) is 26.5 Å². The summed E-state index contributed by atoms with van der Waals surface area (Å²) < 4.78 is 1.84. The Morgan fingerprint density at radius 1 is 1.31 bits per heavy atom. The maximum Gasteiger partial charge on any atom is 0.111 e. The van der Waals surface area contributed by atoms with E-state index in [0.717, 1.165) is 23.5 Å². The normalized spacial score (nSPS) is 10.6. The van der Waals surface area contributed by atoms with Gasteiger partial charge >= 0.3 is 0 Å². The second-order valence-electron chi connectivity index (χ2n) is 3.54. The lowest BCUT2D eigenvalue weighted by atomic mass is 10.2. The summed E-state index contributed by atoms with van der Waals surface area (Å²) in [6.07, 6.45) is 2.66. The summed E-state index contributed by atoms with van der Waals surface area (Å²) in [5.41, 5.74) is 2.86. The first-order valence-corrected chi connectivity index (χ1v) is 5.44. The molecule has 0 unspecified atom stereocenters. The van der Waals surface area contributed by atoms with Gasteiger partial charge in [0.1, 0.15) is 5.69 Å². The Kier molecular flexibility index (Phi) is 3.31. The molecule has 2 aromatic rings. The van der Waals surface area contributed by atoms with Gasteiger partial charge in [0.15, 0.2) is 0 Å². The van der Waals surface area contributed by atoms with E-state index in [1.165, 1.54) is 0 Å². The summed E-state index contributed by atoms with van der Waals surface area (Å²) in [6.45, 7) is 2.72. The number of pyridine rings is 1. The highest BCUT2D eigenvalue weighted by atomic mass is 16.3. The molecule has 0 aliphatic carbocycles. The average molecular weight is 217 g/mol. The van der Waals surface area contributed by atoms with Gasteiger partial charge in [-0.15, -0.1) is 0 Å². The fourth-order valence-corrected chi connectivity index (χ4v) is 1.67. The van der Waals surface area contributed by atoms with Crippen LogP contribution in [0, 0.1) is 0 Å². The van der Waals surface area contributed by atoms with E-state index >= 15 is 0 Å². The van der Waals surface area contributed by atoms with Crippen molar-refractivity contribution in [2.75, 3.05) is 6.61 Å². The number of nitrogens with zero attached hydrogens (tertiary/aromatic N) is 3. The second-order valence-corrected chi connectivity index (χ2v) is 3.54. The molecule has 0 aliphatic rings. The Morgan fingerprint density at radius 3 is 2.81 bits per heavy atom. The quantitative estimate of drug-likeness (QED) is 0.844. The first-order valence-electron chi connectivity index (χ1n) is 5.44. The molecule has 2 heterocycles. The van der Waals surface area contributed by atoms with Crippen molar-refractivity contribution in [3.8, 4) is 11.4 Å². The Hall–Kier alpha value is -1.68. The third kappa shape index (κ3) is 2.12. The maximum atomic E-state index is 8.94. The highest BCUT2D eigenvalue weighted by molar-refractivity contribution is 5.53. The van der Waals surface area contributed by atoms with E-state index in [2.05, 4.69) is 17.0 Å². The van der Waals surface area contributed by atoms with Gasteiger partial charge in [0, 0.05) is 11.9 Å². The summed E-state index contributed by atoms with van der Waals surface area (Å²) in [5.74, 6) is 0. The number of aromatic nitrogens is 3. The molecule has 0 aromatic carbocycles. The van der Waals surface area contributed by atoms with Crippen molar-refractivity contribution < 1.29 is 5.11 Å². The molecular formula is C12H15N3O. The number of hydrogen-bond acceptors (Lipinski definition) is 3. The molecule has 2 rings (SSSR count). The smallest absolute Gasteiger partial charge is 0.111 e. The summed E-state index contributed by atoms with van der Waals surface area (Å²) in [4.78, 5) is 4.26. The first kappa shape index (κ1) is 10.8. The van der Waals surface area contributed by atoms with Crippen molar-refractivity contribution in [3.63, 3.8) is 0 Å². The van der Waals surface area contributed by atoms with Crippen LogP contribution in [0.4, 0.5) is 0 Å². The highest BCUT2D eigenvalue weighted by Gasteiger charge is 2.08. The van der Waals surface area contributed by atoms with Crippen LogP contribution >= 0.6 is 0 Å². The molecule has 84 valence electrons. The minimum absolute atomic E-state index is 0.107. The minimum Gasteiger partial charge on any atom is -0.394 e. The lowest BCUT2D eigenvalue weighted by Crippen LogP contribution is -2.07. The monoisotopic (exact) mass is 217 g/mol. The van der Waals surface area contributed by atoms with Gasteiger partial charge in [0.25, 0.3) is 0 Å². The Labute approximate surface area is 94.6 Å². The van der Waals surface area contributed by atoms with Crippen molar-refractivity contribution in [3.05, 3.63) is 36.2 Å². The SMILES string of the molecule is CCc1cc(-c2ccccn2)nn1CCO. The Bertz CT molecular complexity index is 451. The van der Waals surface area contributed by atoms with E-state index in [-0.39, 0.29) is 6.61 Å². The fraction of sp³-hybridized carbons (Fsp3) is 0.333. The molecule has 0 spiro atoms. The topological polar surface area (TPSA) is 50.9 Å². The van der Waals surface area contributed by atoms with Gasteiger partial charge in [-0.25, -0.2) is 0 Å². The van der Waals surface area contributed by atoms with Crippen LogP contribution in [0.1, 0.15) is 12.6 Å². The fourth-order valence-electron chi connectivity index (χ4n) is 1.67. The third-order valence-electron chi connectivity index (χ3n) is 2.46. The van der Waals surface area contributed by atoms with Gasteiger partial charge in [-0.2, -0.15) is 5.10 Å². The van der Waals surface area contributed by atoms with Gasteiger partial charge in [-0.1, -0.05) is 13.0 Å². The predicted octanol–water partition coefficient (Wildman–Crippen LogP) is 1.50. The zero-order valence-corrected chi connectivity index (χ0v) is 9.30. The molecule has 0 radical (unpaired) electrons. The van der Waals surface area contributed by atoms with Gasteiger partial charge < -0.3 is 5.11 Å². The first-order chi connectivity index (χ1) is 7.85. The molecule has 0 fully saturated rings. The van der Waals surface area contributed by atoms with E-state index in [1.807, 2.05) is 28.9 Å². The van der Waals surface area contributed by atoms with Crippen LogP contribution in [-0.2, 0) is 13.0 Å². The van der Waals surface area contributed by atoms with E-state index in [0.29, 0.717) is 6.54 Å². The van der Waals surface area contributed by atoms with Crippen molar-refractivity contribution >= 4 is 0 Å². The molecule has 1 N–H and O–H groups in total. The van der Waals surface area contributed by atoms with Crippen molar-refractivity contribution in [2.45, 2.75) is 19.9 Å². The standard InChI is InChI=1S/C12H15N3O/c1-2-10-9-12(14-15(10)7-8-16)11-5-3-4-6-13-11/h3-6,9,16H,2,7-8H2,1H3. The summed E-state index contributed by atoms with van der Waals surface area (Å²) in [6, 6.07) is 7.79. The van der Waals surface area contributed by atoms with Crippen LogP contribution in [0.5, 0.6) is 0 Å². The van der Waals surface area contributed by atoms with Crippen LogP contribution in [0.25, 0.3) is 11.4 Å². The van der Waals surface area contributed by atoms with Crippen molar-refractivity contribution in [1.82, 2.24) is 14.8 Å². The van der Waals surface area contributed by atoms with Crippen LogP contribution in [0.3, 0.4) is 0 Å². The molecule has 0 aliphatic heterocycles. The Balaban J connectivity index is 2.36. The van der Waals surface area contributed by atoms with E-state index < -0.39 is 0 Å². The second kappa shape index (κ2) is 4.90. The molecule has 0 atom stereocenters. The molecular weight excluding hydrogens is 202 g/mol. The largest absolute Gasteiger partial charge is 0.394 e. The summed E-state index contributed by atoms with van der Waals surface area (Å²) in [7, 11) is 0. The molecule has 4 nitrogen and oxygen atoms in total. The van der Waals surface area contributed by atoms with Crippen LogP contribution in [0.2, 0.25) is 0 Å². The molecule has 0 amide bonds. The summed E-state index contributed by atoms with van der Waals surface area (Å²) in [5, 5.41) is 13.4. The van der Waals surface area contributed by atoms with Gasteiger partial charge in [0.05, 0.1) is 18.8 Å². The van der Waals surface area contributed by atoms with E-state index in [9.17, 15) is 0 Å². The van der Waals surface area contributed by atoms with Gasteiger partial charge in [-0.05, 0) is 24.6 Å². The average Bonchev–Trinajstić information content (AvgIpc) is 2.74.